The number of carbonyl (C=O) groups excluding carboxylic acids is 1. The van der Waals surface area contributed by atoms with E-state index in [-0.39, 0.29) is 5.91 Å². The monoisotopic (exact) mass is 376 g/mol. The van der Waals surface area contributed by atoms with Crippen molar-refractivity contribution in [1.82, 2.24) is 14.7 Å². The van der Waals surface area contributed by atoms with Crippen molar-refractivity contribution in [3.05, 3.63) is 78.1 Å². The molecule has 0 saturated carbocycles. The lowest BCUT2D eigenvalue weighted by Crippen LogP contribution is -2.48. The average Bonchev–Trinajstić information content (AvgIpc) is 3.22. The van der Waals surface area contributed by atoms with Crippen LogP contribution in [0.25, 0.3) is 0 Å². The zero-order valence-electron chi connectivity index (χ0n) is 16.0. The minimum absolute atomic E-state index is 0.0407. The standard InChI is InChI=1S/C22H24N4O2/c1-28-21-10-6-5-9-20(21)24-11-13-25(14-12-24)22(27)19-15-23-26(17-19)16-18-7-3-2-4-8-18/h2-10,15,17H,11-14,16H2,1H3. The van der Waals surface area contributed by atoms with Crippen LogP contribution in [0.5, 0.6) is 5.75 Å². The average molecular weight is 376 g/mol. The van der Waals surface area contributed by atoms with Gasteiger partial charge < -0.3 is 14.5 Å². The maximum Gasteiger partial charge on any atom is 0.257 e. The molecule has 3 aromatic rings. The van der Waals surface area contributed by atoms with Crippen LogP contribution in [0.1, 0.15) is 15.9 Å². The molecule has 0 bridgehead atoms. The molecule has 6 heteroatoms. The van der Waals surface area contributed by atoms with Crippen molar-refractivity contribution in [2.75, 3.05) is 38.2 Å². The zero-order valence-corrected chi connectivity index (χ0v) is 16.0. The van der Waals surface area contributed by atoms with Crippen LogP contribution in [0.15, 0.2) is 67.0 Å². The van der Waals surface area contributed by atoms with E-state index in [9.17, 15) is 4.79 Å². The molecular weight excluding hydrogens is 352 g/mol. The number of ether oxygens (including phenoxy) is 1. The summed E-state index contributed by atoms with van der Waals surface area (Å²) in [6.45, 7) is 3.59. The van der Waals surface area contributed by atoms with Crippen LogP contribution < -0.4 is 9.64 Å². The molecule has 28 heavy (non-hydrogen) atoms. The van der Waals surface area contributed by atoms with Crippen molar-refractivity contribution in [3.8, 4) is 5.75 Å². The Morgan fingerprint density at radius 1 is 1.00 bits per heavy atom. The second-order valence-electron chi connectivity index (χ2n) is 6.86. The van der Waals surface area contributed by atoms with Crippen molar-refractivity contribution in [3.63, 3.8) is 0 Å². The number of hydrogen-bond donors (Lipinski definition) is 0. The Morgan fingerprint density at radius 3 is 2.46 bits per heavy atom. The van der Waals surface area contributed by atoms with Crippen molar-refractivity contribution < 1.29 is 9.53 Å². The van der Waals surface area contributed by atoms with Crippen LogP contribution in [0, 0.1) is 0 Å². The van der Waals surface area contributed by atoms with Gasteiger partial charge in [0.05, 0.1) is 31.1 Å². The molecule has 2 aromatic carbocycles. The molecule has 6 nitrogen and oxygen atoms in total. The van der Waals surface area contributed by atoms with Crippen LogP contribution in [0.2, 0.25) is 0 Å². The highest BCUT2D eigenvalue weighted by Crippen LogP contribution is 2.28. The maximum absolute atomic E-state index is 12.9. The molecule has 1 amide bonds. The number of nitrogens with zero attached hydrogens (tertiary/aromatic N) is 4. The van der Waals surface area contributed by atoms with Gasteiger partial charge in [0.2, 0.25) is 0 Å². The first-order chi connectivity index (χ1) is 13.7. The molecule has 1 fully saturated rings. The van der Waals surface area contributed by atoms with Gasteiger partial charge in [-0.2, -0.15) is 5.10 Å². The maximum atomic E-state index is 12.9. The fourth-order valence-electron chi connectivity index (χ4n) is 3.56. The number of aromatic nitrogens is 2. The van der Waals surface area contributed by atoms with Gasteiger partial charge in [0.15, 0.2) is 0 Å². The number of para-hydroxylation sites is 2. The molecule has 1 aliphatic heterocycles. The number of hydrogen-bond acceptors (Lipinski definition) is 4. The highest BCUT2D eigenvalue weighted by Gasteiger charge is 2.24. The molecular formula is C22H24N4O2. The largest absolute Gasteiger partial charge is 0.495 e. The summed E-state index contributed by atoms with van der Waals surface area (Å²) in [5, 5.41) is 4.35. The second kappa shape index (κ2) is 8.17. The molecule has 0 spiro atoms. The van der Waals surface area contributed by atoms with E-state index >= 15 is 0 Å². The third kappa shape index (κ3) is 3.86. The van der Waals surface area contributed by atoms with Crippen molar-refractivity contribution >= 4 is 11.6 Å². The Bertz CT molecular complexity index is 930. The predicted molar refractivity (Wildman–Crippen MR) is 109 cm³/mol. The van der Waals surface area contributed by atoms with Crippen LogP contribution in [0.3, 0.4) is 0 Å². The molecule has 1 aliphatic rings. The van der Waals surface area contributed by atoms with Crippen LogP contribution in [-0.4, -0.2) is 53.9 Å². The molecule has 2 heterocycles. The molecule has 1 saturated heterocycles. The summed E-state index contributed by atoms with van der Waals surface area (Å²) in [6.07, 6.45) is 3.50. The van der Waals surface area contributed by atoms with Crippen LogP contribution in [0.4, 0.5) is 5.69 Å². The number of rotatable bonds is 5. The lowest BCUT2D eigenvalue weighted by Gasteiger charge is -2.36. The van der Waals surface area contributed by atoms with E-state index in [0.29, 0.717) is 25.2 Å². The number of anilines is 1. The van der Waals surface area contributed by atoms with Crippen LogP contribution in [-0.2, 0) is 6.54 Å². The van der Waals surface area contributed by atoms with Crippen molar-refractivity contribution in [2.24, 2.45) is 0 Å². The zero-order chi connectivity index (χ0) is 19.3. The van der Waals surface area contributed by atoms with E-state index in [0.717, 1.165) is 30.1 Å². The summed E-state index contributed by atoms with van der Waals surface area (Å²) in [7, 11) is 1.69. The lowest BCUT2D eigenvalue weighted by atomic mass is 10.2. The SMILES string of the molecule is COc1ccccc1N1CCN(C(=O)c2cnn(Cc3ccccc3)c2)CC1. The Hall–Kier alpha value is -3.28. The quantitative estimate of drug-likeness (QED) is 0.687. The number of piperazine rings is 1. The fourth-order valence-corrected chi connectivity index (χ4v) is 3.56. The van der Waals surface area contributed by atoms with E-state index in [1.165, 1.54) is 0 Å². The first kappa shape index (κ1) is 18.1. The fraction of sp³-hybridized carbons (Fsp3) is 0.273. The van der Waals surface area contributed by atoms with Gasteiger partial charge >= 0.3 is 0 Å². The van der Waals surface area contributed by atoms with E-state index < -0.39 is 0 Å². The lowest BCUT2D eigenvalue weighted by molar-refractivity contribution is 0.0746. The first-order valence-electron chi connectivity index (χ1n) is 9.48. The summed E-state index contributed by atoms with van der Waals surface area (Å²) < 4.78 is 7.27. The smallest absolute Gasteiger partial charge is 0.257 e. The van der Waals surface area contributed by atoms with E-state index in [2.05, 4.69) is 28.2 Å². The van der Waals surface area contributed by atoms with E-state index in [1.807, 2.05) is 52.2 Å². The van der Waals surface area contributed by atoms with Gasteiger partial charge in [0, 0.05) is 32.4 Å². The Balaban J connectivity index is 1.38. The highest BCUT2D eigenvalue weighted by atomic mass is 16.5. The molecule has 0 aliphatic carbocycles. The Labute approximate surface area is 164 Å². The summed E-state index contributed by atoms with van der Waals surface area (Å²) in [6, 6.07) is 18.1. The van der Waals surface area contributed by atoms with E-state index in [4.69, 9.17) is 4.74 Å². The Morgan fingerprint density at radius 2 is 1.71 bits per heavy atom. The van der Waals surface area contributed by atoms with Crippen LogP contribution >= 0.6 is 0 Å². The third-order valence-electron chi connectivity index (χ3n) is 5.06. The number of methoxy groups -OCH3 is 1. The van der Waals surface area contributed by atoms with Gasteiger partial charge in [-0.15, -0.1) is 0 Å². The molecule has 0 N–H and O–H groups in total. The molecule has 0 unspecified atom stereocenters. The number of benzene rings is 2. The van der Waals surface area contributed by atoms with Gasteiger partial charge in [-0.3, -0.25) is 9.48 Å². The highest BCUT2D eigenvalue weighted by molar-refractivity contribution is 5.93. The topological polar surface area (TPSA) is 50.6 Å². The Kier molecular flexibility index (Phi) is 5.28. The van der Waals surface area contributed by atoms with Crippen molar-refractivity contribution in [2.45, 2.75) is 6.54 Å². The number of amides is 1. The molecule has 0 atom stereocenters. The first-order valence-corrected chi connectivity index (χ1v) is 9.48. The van der Waals surface area contributed by atoms with Crippen molar-refractivity contribution in [1.29, 1.82) is 0 Å². The van der Waals surface area contributed by atoms with Gasteiger partial charge in [-0.25, -0.2) is 0 Å². The summed E-state index contributed by atoms with van der Waals surface area (Å²) in [5.41, 5.74) is 2.88. The third-order valence-corrected chi connectivity index (χ3v) is 5.06. The molecule has 0 radical (unpaired) electrons. The molecule has 144 valence electrons. The second-order valence-corrected chi connectivity index (χ2v) is 6.86. The minimum Gasteiger partial charge on any atom is -0.495 e. The van der Waals surface area contributed by atoms with Gasteiger partial charge in [-0.05, 0) is 17.7 Å². The molecule has 4 rings (SSSR count). The van der Waals surface area contributed by atoms with E-state index in [1.54, 1.807) is 13.3 Å². The molecule has 1 aromatic heterocycles. The van der Waals surface area contributed by atoms with Gasteiger partial charge in [-0.1, -0.05) is 42.5 Å². The minimum atomic E-state index is 0.0407. The van der Waals surface area contributed by atoms with Gasteiger partial charge in [0.25, 0.3) is 5.91 Å². The predicted octanol–water partition coefficient (Wildman–Crippen LogP) is 2.90. The summed E-state index contributed by atoms with van der Waals surface area (Å²) >= 11 is 0. The summed E-state index contributed by atoms with van der Waals surface area (Å²) in [5.74, 6) is 0.906. The number of carbonyl (C=O) groups is 1. The van der Waals surface area contributed by atoms with Gasteiger partial charge in [0.1, 0.15) is 5.75 Å². The summed E-state index contributed by atoms with van der Waals surface area (Å²) in [4.78, 5) is 17.0. The normalized spacial score (nSPS) is 14.2.